The summed E-state index contributed by atoms with van der Waals surface area (Å²) in [5.41, 5.74) is 5.31. The first kappa shape index (κ1) is 34.7. The molecule has 0 aromatic heterocycles. The molecule has 11 heteroatoms. The van der Waals surface area contributed by atoms with Crippen LogP contribution in [0.3, 0.4) is 0 Å². The van der Waals surface area contributed by atoms with Crippen molar-refractivity contribution in [3.8, 4) is 11.5 Å². The number of rotatable bonds is 7. The summed E-state index contributed by atoms with van der Waals surface area (Å²) in [7, 11) is 1.54. The van der Waals surface area contributed by atoms with Crippen LogP contribution in [0.2, 0.25) is 10.0 Å². The smallest absolute Gasteiger partial charge is 0.260 e. The predicted molar refractivity (Wildman–Crippen MR) is 202 cm³/mol. The number of anilines is 2. The van der Waals surface area contributed by atoms with Crippen molar-refractivity contribution in [3.05, 3.63) is 135 Å². The first-order chi connectivity index (χ1) is 25.5. The first-order valence-electron chi connectivity index (χ1n) is 17.3. The van der Waals surface area contributed by atoms with E-state index >= 15 is 4.79 Å². The SMILES string of the molecule is C=Cc1ccc(N2C(=O)C3CC=C4C(CC5C(=O)N(Nc6ccc(Cl)cc6Cl)C(=O)C5(c5ccc(OC)cc5)C4c4cccc(C)c4O)C3C2=O)cc1. The minimum Gasteiger partial charge on any atom is -0.507 e. The number of aryl methyl sites for hydroxylation is 1. The van der Waals surface area contributed by atoms with Crippen LogP contribution in [0.25, 0.3) is 6.08 Å². The zero-order valence-corrected chi connectivity index (χ0v) is 30.4. The fraction of sp³-hybridized carbons (Fsp3) is 0.238. The van der Waals surface area contributed by atoms with Gasteiger partial charge in [-0.25, -0.2) is 0 Å². The van der Waals surface area contributed by atoms with Crippen molar-refractivity contribution in [2.24, 2.45) is 23.7 Å². The highest BCUT2D eigenvalue weighted by Gasteiger charge is 2.70. The largest absolute Gasteiger partial charge is 0.507 e. The number of ether oxygens (including phenoxy) is 1. The molecule has 2 aliphatic carbocycles. The number of allylic oxidation sites excluding steroid dienone is 2. The van der Waals surface area contributed by atoms with Crippen LogP contribution in [0, 0.1) is 30.6 Å². The quantitative estimate of drug-likeness (QED) is 0.146. The summed E-state index contributed by atoms with van der Waals surface area (Å²) in [6.45, 7) is 5.57. The third kappa shape index (κ3) is 5.12. The Morgan fingerprint density at radius 3 is 2.34 bits per heavy atom. The minimum atomic E-state index is -1.58. The maximum atomic E-state index is 15.4. The molecule has 2 aliphatic heterocycles. The molecule has 4 amide bonds. The van der Waals surface area contributed by atoms with E-state index in [-0.39, 0.29) is 35.4 Å². The lowest BCUT2D eigenvalue weighted by Gasteiger charge is -2.50. The van der Waals surface area contributed by atoms with Crippen LogP contribution in [-0.4, -0.2) is 40.9 Å². The lowest BCUT2D eigenvalue weighted by molar-refractivity contribution is -0.138. The highest BCUT2D eigenvalue weighted by Crippen LogP contribution is 2.65. The summed E-state index contributed by atoms with van der Waals surface area (Å²) in [6, 6.07) is 24.1. The average molecular weight is 749 g/mol. The van der Waals surface area contributed by atoms with E-state index < -0.39 is 46.8 Å². The number of imide groups is 2. The Morgan fingerprint density at radius 1 is 0.925 bits per heavy atom. The van der Waals surface area contributed by atoms with Crippen molar-refractivity contribution in [1.82, 2.24) is 5.01 Å². The Morgan fingerprint density at radius 2 is 1.66 bits per heavy atom. The fourth-order valence-electron chi connectivity index (χ4n) is 9.12. The van der Waals surface area contributed by atoms with Gasteiger partial charge >= 0.3 is 0 Å². The van der Waals surface area contributed by atoms with Gasteiger partial charge in [-0.15, -0.1) is 0 Å². The molecule has 4 aromatic carbocycles. The van der Waals surface area contributed by atoms with Gasteiger partial charge in [0.15, 0.2) is 0 Å². The van der Waals surface area contributed by atoms with E-state index in [1.54, 1.807) is 99.0 Å². The molecule has 9 nitrogen and oxygen atoms in total. The molecule has 2 N–H and O–H groups in total. The molecule has 2 heterocycles. The van der Waals surface area contributed by atoms with Gasteiger partial charge in [-0.3, -0.25) is 29.5 Å². The molecule has 4 aromatic rings. The summed E-state index contributed by atoms with van der Waals surface area (Å²) in [6.07, 6.45) is 3.99. The molecule has 0 bridgehead atoms. The molecule has 268 valence electrons. The Hall–Kier alpha value is -5.38. The summed E-state index contributed by atoms with van der Waals surface area (Å²) < 4.78 is 5.47. The van der Waals surface area contributed by atoms with Crippen molar-refractivity contribution < 1.29 is 29.0 Å². The van der Waals surface area contributed by atoms with Crippen LogP contribution in [0.1, 0.15) is 41.0 Å². The van der Waals surface area contributed by atoms with Gasteiger partial charge < -0.3 is 9.84 Å². The number of fused-ring (bicyclic) bond motifs is 4. The highest BCUT2D eigenvalue weighted by atomic mass is 35.5. The normalized spacial score (nSPS) is 26.2. The molecule has 2 saturated heterocycles. The van der Waals surface area contributed by atoms with Gasteiger partial charge in [-0.05, 0) is 84.8 Å². The fourth-order valence-corrected chi connectivity index (χ4v) is 9.57. The van der Waals surface area contributed by atoms with Crippen LogP contribution < -0.4 is 15.1 Å². The Bertz CT molecular complexity index is 2250. The molecule has 6 unspecified atom stereocenters. The van der Waals surface area contributed by atoms with Crippen molar-refractivity contribution in [3.63, 3.8) is 0 Å². The van der Waals surface area contributed by atoms with E-state index in [0.717, 1.165) is 16.1 Å². The number of phenolic OH excluding ortho intramolecular Hbond substituents is 1. The monoisotopic (exact) mass is 747 g/mol. The number of nitrogens with zero attached hydrogens (tertiary/aromatic N) is 2. The molecule has 1 saturated carbocycles. The second-order valence-electron chi connectivity index (χ2n) is 14.0. The van der Waals surface area contributed by atoms with Gasteiger partial charge in [0.2, 0.25) is 11.8 Å². The van der Waals surface area contributed by atoms with Gasteiger partial charge in [0, 0.05) is 16.5 Å². The van der Waals surface area contributed by atoms with Crippen molar-refractivity contribution >= 4 is 64.3 Å². The molecule has 8 rings (SSSR count). The Kier molecular flexibility index (Phi) is 8.46. The number of hydrazine groups is 1. The standard InChI is InChI=1S/C42H35Cl2N3O6/c1-4-23-8-13-26(14-9-23)46-38(49)29-18-17-28-31(35(29)40(46)51)21-32-39(50)47(45-34-19-12-25(43)20-33(34)44)41(52)42(32,24-10-15-27(53-3)16-11-24)36(28)30-7-5-6-22(2)37(30)48/h4-17,19-20,29,31-32,35-36,45,48H,1,18,21H2,2-3H3. The lowest BCUT2D eigenvalue weighted by atomic mass is 9.49. The van der Waals surface area contributed by atoms with Crippen LogP contribution in [0.15, 0.2) is 103 Å². The summed E-state index contributed by atoms with van der Waals surface area (Å²) in [5.74, 6) is -5.16. The maximum Gasteiger partial charge on any atom is 0.260 e. The number of halogens is 2. The Labute approximate surface area is 316 Å². The number of hydrogen-bond acceptors (Lipinski definition) is 7. The minimum absolute atomic E-state index is 0.0158. The molecule has 0 spiro atoms. The topological polar surface area (TPSA) is 116 Å². The van der Waals surface area contributed by atoms with E-state index in [1.165, 1.54) is 11.0 Å². The molecular formula is C42H35Cl2N3O6. The van der Waals surface area contributed by atoms with Crippen LogP contribution in [-0.2, 0) is 24.6 Å². The second kappa shape index (κ2) is 12.9. The number of benzene rings is 4. The van der Waals surface area contributed by atoms with Gasteiger partial charge in [0.05, 0.1) is 46.7 Å². The third-order valence-electron chi connectivity index (χ3n) is 11.5. The number of aromatic hydroxyl groups is 1. The number of hydrogen-bond donors (Lipinski definition) is 2. The number of carbonyl (C=O) groups excluding carboxylic acids is 4. The number of methoxy groups -OCH3 is 1. The molecule has 3 fully saturated rings. The van der Waals surface area contributed by atoms with E-state index in [0.29, 0.717) is 38.8 Å². The lowest BCUT2D eigenvalue weighted by Crippen LogP contribution is -2.53. The zero-order chi connectivity index (χ0) is 37.3. The molecule has 53 heavy (non-hydrogen) atoms. The highest BCUT2D eigenvalue weighted by molar-refractivity contribution is 6.36. The number of nitrogens with one attached hydrogen (secondary N) is 1. The number of phenols is 1. The van der Waals surface area contributed by atoms with E-state index in [9.17, 15) is 19.5 Å². The van der Waals surface area contributed by atoms with Crippen LogP contribution in [0.4, 0.5) is 11.4 Å². The first-order valence-corrected chi connectivity index (χ1v) is 18.1. The number of amides is 4. The van der Waals surface area contributed by atoms with Crippen molar-refractivity contribution in [2.75, 3.05) is 17.4 Å². The van der Waals surface area contributed by atoms with E-state index in [2.05, 4.69) is 12.0 Å². The number of carbonyl (C=O) groups is 4. The van der Waals surface area contributed by atoms with Crippen LogP contribution >= 0.6 is 23.2 Å². The van der Waals surface area contributed by atoms with Crippen LogP contribution in [0.5, 0.6) is 11.5 Å². The molecule has 0 radical (unpaired) electrons. The number of para-hydroxylation sites is 1. The predicted octanol–water partition coefficient (Wildman–Crippen LogP) is 7.85. The molecular weight excluding hydrogens is 713 g/mol. The van der Waals surface area contributed by atoms with Gasteiger partial charge in [-0.1, -0.05) is 90.0 Å². The van der Waals surface area contributed by atoms with Gasteiger partial charge in [0.25, 0.3) is 11.8 Å². The second-order valence-corrected chi connectivity index (χ2v) is 14.9. The molecule has 6 atom stereocenters. The summed E-state index contributed by atoms with van der Waals surface area (Å²) >= 11 is 12.7. The Balaban J connectivity index is 1.33. The summed E-state index contributed by atoms with van der Waals surface area (Å²) in [5, 5.41) is 13.4. The average Bonchev–Trinajstić information content (AvgIpc) is 3.54. The summed E-state index contributed by atoms with van der Waals surface area (Å²) in [4.78, 5) is 60.2. The maximum absolute atomic E-state index is 15.4. The van der Waals surface area contributed by atoms with Gasteiger partial charge in [-0.2, -0.15) is 5.01 Å². The third-order valence-corrected chi connectivity index (χ3v) is 12.1. The molecule has 4 aliphatic rings. The van der Waals surface area contributed by atoms with Crippen molar-refractivity contribution in [1.29, 1.82) is 0 Å². The van der Waals surface area contributed by atoms with E-state index in [4.69, 9.17) is 27.9 Å². The van der Waals surface area contributed by atoms with Gasteiger partial charge in [0.1, 0.15) is 11.5 Å². The van der Waals surface area contributed by atoms with Crippen molar-refractivity contribution in [2.45, 2.75) is 31.1 Å². The zero-order valence-electron chi connectivity index (χ0n) is 28.9. The van der Waals surface area contributed by atoms with E-state index in [1.807, 2.05) is 6.08 Å².